The summed E-state index contributed by atoms with van der Waals surface area (Å²) in [5.41, 5.74) is 1.08. The summed E-state index contributed by atoms with van der Waals surface area (Å²) < 4.78 is 15.8. The molecule has 8 nitrogen and oxygen atoms in total. The zero-order valence-electron chi connectivity index (χ0n) is 18.9. The Balaban J connectivity index is 1.31. The summed E-state index contributed by atoms with van der Waals surface area (Å²) in [6, 6.07) is 18.3. The first-order valence-electron chi connectivity index (χ1n) is 11.4. The monoisotopic (exact) mass is 473 g/mol. The first-order chi connectivity index (χ1) is 17.0. The van der Waals surface area contributed by atoms with Crippen LogP contribution in [0.15, 0.2) is 76.4 Å². The molecule has 1 atom stereocenters. The number of aromatic amines is 1. The SMILES string of the molecule is O=C(Nc1cc(Cn2c(=O)[nH]c(=O)c3ccccc32)cnc1F)[C@H]1CCN(Cc2ccccc2)C1. The highest BCUT2D eigenvalue weighted by Gasteiger charge is 2.29. The minimum absolute atomic E-state index is 0.0317. The summed E-state index contributed by atoms with van der Waals surface area (Å²) >= 11 is 0. The second-order valence-electron chi connectivity index (χ2n) is 8.74. The fourth-order valence-electron chi connectivity index (χ4n) is 4.51. The predicted molar refractivity (Wildman–Crippen MR) is 131 cm³/mol. The Kier molecular flexibility index (Phi) is 6.24. The molecule has 2 aromatic carbocycles. The fraction of sp³-hybridized carbons (Fsp3) is 0.231. The van der Waals surface area contributed by atoms with E-state index in [1.807, 2.05) is 18.2 Å². The minimum Gasteiger partial charge on any atom is -0.322 e. The lowest BCUT2D eigenvalue weighted by molar-refractivity contribution is -0.119. The van der Waals surface area contributed by atoms with E-state index in [1.165, 1.54) is 22.4 Å². The molecule has 178 valence electrons. The van der Waals surface area contributed by atoms with Crippen LogP contribution in [-0.4, -0.2) is 38.4 Å². The maximum Gasteiger partial charge on any atom is 0.329 e. The van der Waals surface area contributed by atoms with Gasteiger partial charge in [0, 0.05) is 19.3 Å². The molecule has 9 heteroatoms. The molecule has 1 saturated heterocycles. The van der Waals surface area contributed by atoms with E-state index in [1.54, 1.807) is 24.3 Å². The number of hydrogen-bond donors (Lipinski definition) is 2. The lowest BCUT2D eigenvalue weighted by Gasteiger charge is -2.16. The second-order valence-corrected chi connectivity index (χ2v) is 8.74. The van der Waals surface area contributed by atoms with Crippen LogP contribution in [0, 0.1) is 11.9 Å². The third-order valence-corrected chi connectivity index (χ3v) is 6.29. The van der Waals surface area contributed by atoms with Crippen LogP contribution in [0.5, 0.6) is 0 Å². The highest BCUT2D eigenvalue weighted by Crippen LogP contribution is 2.22. The normalized spacial score (nSPS) is 16.0. The molecule has 1 fully saturated rings. The third-order valence-electron chi connectivity index (χ3n) is 6.29. The Labute approximate surface area is 200 Å². The van der Waals surface area contributed by atoms with Crippen LogP contribution in [0.2, 0.25) is 0 Å². The summed E-state index contributed by atoms with van der Waals surface area (Å²) in [6.45, 7) is 2.20. The van der Waals surface area contributed by atoms with Gasteiger partial charge in [0.05, 0.1) is 29.1 Å². The lowest BCUT2D eigenvalue weighted by atomic mass is 10.1. The van der Waals surface area contributed by atoms with E-state index >= 15 is 0 Å². The van der Waals surface area contributed by atoms with Crippen molar-refractivity contribution in [2.45, 2.75) is 19.5 Å². The summed E-state index contributed by atoms with van der Waals surface area (Å²) in [6.07, 6.45) is 2.00. The van der Waals surface area contributed by atoms with E-state index in [0.717, 1.165) is 13.1 Å². The van der Waals surface area contributed by atoms with E-state index in [4.69, 9.17) is 0 Å². The van der Waals surface area contributed by atoms with Crippen LogP contribution in [0.25, 0.3) is 10.9 Å². The number of para-hydroxylation sites is 1. The van der Waals surface area contributed by atoms with E-state index in [2.05, 4.69) is 32.3 Å². The van der Waals surface area contributed by atoms with Crippen LogP contribution < -0.4 is 16.6 Å². The number of nitrogens with zero attached hydrogens (tertiary/aromatic N) is 3. The van der Waals surface area contributed by atoms with Crippen molar-refractivity contribution < 1.29 is 9.18 Å². The molecule has 0 saturated carbocycles. The van der Waals surface area contributed by atoms with Gasteiger partial charge in [-0.3, -0.25) is 24.0 Å². The summed E-state index contributed by atoms with van der Waals surface area (Å²) in [5, 5.41) is 3.05. The molecule has 0 aliphatic carbocycles. The molecule has 2 N–H and O–H groups in total. The Morgan fingerprint density at radius 3 is 2.66 bits per heavy atom. The molecular formula is C26H24FN5O3. The molecule has 3 heterocycles. The van der Waals surface area contributed by atoms with Crippen molar-refractivity contribution in [1.29, 1.82) is 0 Å². The number of rotatable bonds is 6. The van der Waals surface area contributed by atoms with Crippen LogP contribution in [0.3, 0.4) is 0 Å². The van der Waals surface area contributed by atoms with Gasteiger partial charge >= 0.3 is 5.69 Å². The molecule has 0 spiro atoms. The number of amides is 1. The van der Waals surface area contributed by atoms with Gasteiger partial charge in [0.2, 0.25) is 11.9 Å². The van der Waals surface area contributed by atoms with E-state index in [0.29, 0.717) is 29.4 Å². The number of fused-ring (bicyclic) bond motifs is 1. The number of hydrogen-bond acceptors (Lipinski definition) is 5. The highest BCUT2D eigenvalue weighted by molar-refractivity contribution is 5.93. The number of nitrogens with one attached hydrogen (secondary N) is 2. The third kappa shape index (κ3) is 4.90. The largest absolute Gasteiger partial charge is 0.329 e. The van der Waals surface area contributed by atoms with Crippen LogP contribution in [0.1, 0.15) is 17.5 Å². The smallest absolute Gasteiger partial charge is 0.322 e. The average Bonchev–Trinajstić information content (AvgIpc) is 3.33. The van der Waals surface area contributed by atoms with Crippen LogP contribution in [-0.2, 0) is 17.9 Å². The van der Waals surface area contributed by atoms with Crippen molar-refractivity contribution >= 4 is 22.5 Å². The number of carbonyl (C=O) groups excluding carboxylic acids is 1. The van der Waals surface area contributed by atoms with Crippen LogP contribution in [0.4, 0.5) is 10.1 Å². The number of H-pyrrole nitrogens is 1. The quantitative estimate of drug-likeness (QED) is 0.420. The number of pyridine rings is 1. The van der Waals surface area contributed by atoms with E-state index in [-0.39, 0.29) is 24.1 Å². The Bertz CT molecular complexity index is 1500. The van der Waals surface area contributed by atoms with Crippen molar-refractivity contribution in [1.82, 2.24) is 19.4 Å². The van der Waals surface area contributed by atoms with Gasteiger partial charge in [-0.2, -0.15) is 4.39 Å². The van der Waals surface area contributed by atoms with Gasteiger partial charge < -0.3 is 5.32 Å². The van der Waals surface area contributed by atoms with Gasteiger partial charge in [-0.1, -0.05) is 42.5 Å². The Morgan fingerprint density at radius 1 is 1.06 bits per heavy atom. The van der Waals surface area contributed by atoms with Gasteiger partial charge in [-0.25, -0.2) is 9.78 Å². The summed E-state index contributed by atoms with van der Waals surface area (Å²) in [7, 11) is 0. The first-order valence-corrected chi connectivity index (χ1v) is 11.4. The van der Waals surface area contributed by atoms with E-state index in [9.17, 15) is 18.8 Å². The zero-order valence-corrected chi connectivity index (χ0v) is 18.9. The second kappa shape index (κ2) is 9.63. The topological polar surface area (TPSA) is 100 Å². The number of carbonyl (C=O) groups is 1. The Morgan fingerprint density at radius 2 is 1.83 bits per heavy atom. The molecule has 0 bridgehead atoms. The minimum atomic E-state index is -0.792. The highest BCUT2D eigenvalue weighted by atomic mass is 19.1. The molecule has 1 amide bonds. The molecule has 35 heavy (non-hydrogen) atoms. The molecule has 5 rings (SSSR count). The van der Waals surface area contributed by atoms with Crippen molar-refractivity contribution in [3.05, 3.63) is 105 Å². The number of benzene rings is 2. The van der Waals surface area contributed by atoms with Gasteiger partial charge in [0.1, 0.15) is 0 Å². The Hall–Kier alpha value is -4.11. The van der Waals surface area contributed by atoms with Crippen molar-refractivity contribution in [3.8, 4) is 0 Å². The standard InChI is InChI=1S/C26H24FN5O3/c27-23-21(29-24(33)19-10-11-31(16-19)14-17-6-2-1-3-7-17)12-18(13-28-23)15-32-22-9-5-4-8-20(22)25(34)30-26(32)35/h1-9,12-13,19H,10-11,14-16H2,(H,29,33)(H,30,34,35)/t19-/m0/s1. The maximum atomic E-state index is 14.5. The molecule has 0 unspecified atom stereocenters. The molecule has 1 aliphatic rings. The number of anilines is 1. The van der Waals surface area contributed by atoms with Crippen molar-refractivity contribution in [3.63, 3.8) is 0 Å². The van der Waals surface area contributed by atoms with Gasteiger partial charge in [0.15, 0.2) is 0 Å². The molecular weight excluding hydrogens is 449 g/mol. The summed E-state index contributed by atoms with van der Waals surface area (Å²) in [4.78, 5) is 45.7. The van der Waals surface area contributed by atoms with Crippen molar-refractivity contribution in [2.75, 3.05) is 18.4 Å². The molecule has 1 aliphatic heterocycles. The number of aromatic nitrogens is 3. The van der Waals surface area contributed by atoms with Gasteiger partial charge in [-0.15, -0.1) is 0 Å². The average molecular weight is 474 g/mol. The van der Waals surface area contributed by atoms with Gasteiger partial charge in [-0.05, 0) is 42.3 Å². The first kappa shape index (κ1) is 22.7. The van der Waals surface area contributed by atoms with Crippen molar-refractivity contribution in [2.24, 2.45) is 5.92 Å². The lowest BCUT2D eigenvalue weighted by Crippen LogP contribution is -2.30. The van der Waals surface area contributed by atoms with Crippen LogP contribution >= 0.6 is 0 Å². The van der Waals surface area contributed by atoms with E-state index < -0.39 is 17.2 Å². The zero-order chi connectivity index (χ0) is 24.4. The van der Waals surface area contributed by atoms with Gasteiger partial charge in [0.25, 0.3) is 5.56 Å². The summed E-state index contributed by atoms with van der Waals surface area (Å²) in [5.74, 6) is -1.31. The molecule has 4 aromatic rings. The number of likely N-dealkylation sites (tertiary alicyclic amines) is 1. The molecule has 2 aromatic heterocycles. The maximum absolute atomic E-state index is 14.5. The molecule has 0 radical (unpaired) electrons. The predicted octanol–water partition coefficient (Wildman–Crippen LogP) is 2.73. The fourth-order valence-corrected chi connectivity index (χ4v) is 4.51. The number of halogens is 1.